The lowest BCUT2D eigenvalue weighted by Gasteiger charge is -2.10. The third kappa shape index (κ3) is 4.89. The number of halogens is 1. The maximum absolute atomic E-state index is 12.0. The average Bonchev–Trinajstić information content (AvgIpc) is 2.47. The summed E-state index contributed by atoms with van der Waals surface area (Å²) < 4.78 is 5.05. The van der Waals surface area contributed by atoms with Gasteiger partial charge in [-0.3, -0.25) is 4.79 Å². The summed E-state index contributed by atoms with van der Waals surface area (Å²) in [5.41, 5.74) is 1.68. The molecule has 0 aliphatic carbocycles. The number of rotatable bonds is 4. The number of carbonyl (C=O) groups excluding carboxylic acids is 2. The normalized spacial score (nSPS) is 9.87. The number of amides is 3. The Morgan fingerprint density at radius 3 is 2.13 bits per heavy atom. The Kier molecular flexibility index (Phi) is 5.43. The standard InChI is InChI=1S/C16H16ClN3O3/c1-10(21)18-11-4-3-5-12(8-11)19-16(22)20-13-6-7-15(23-2)14(17)9-13/h3-9H,1-2H3,(H,18,21)(H2,19,20,22). The molecule has 0 saturated carbocycles. The van der Waals surface area contributed by atoms with Crippen LogP contribution in [0.25, 0.3) is 0 Å². The monoisotopic (exact) mass is 333 g/mol. The number of benzene rings is 2. The molecule has 0 atom stereocenters. The zero-order valence-corrected chi connectivity index (χ0v) is 13.4. The van der Waals surface area contributed by atoms with E-state index in [0.29, 0.717) is 27.8 Å². The van der Waals surface area contributed by atoms with E-state index in [9.17, 15) is 9.59 Å². The molecule has 3 amide bonds. The largest absolute Gasteiger partial charge is 0.495 e. The number of ether oxygens (including phenoxy) is 1. The van der Waals surface area contributed by atoms with Gasteiger partial charge in [-0.1, -0.05) is 17.7 Å². The Bertz CT molecular complexity index is 734. The van der Waals surface area contributed by atoms with E-state index in [4.69, 9.17) is 16.3 Å². The van der Waals surface area contributed by atoms with Gasteiger partial charge in [0.25, 0.3) is 0 Å². The highest BCUT2D eigenvalue weighted by Crippen LogP contribution is 2.27. The molecule has 6 nitrogen and oxygen atoms in total. The number of nitrogens with one attached hydrogen (secondary N) is 3. The molecular weight excluding hydrogens is 318 g/mol. The lowest BCUT2D eigenvalue weighted by atomic mass is 10.2. The van der Waals surface area contributed by atoms with Crippen molar-refractivity contribution in [3.63, 3.8) is 0 Å². The minimum absolute atomic E-state index is 0.181. The van der Waals surface area contributed by atoms with E-state index < -0.39 is 6.03 Å². The summed E-state index contributed by atoms with van der Waals surface area (Å²) in [5, 5.41) is 8.39. The van der Waals surface area contributed by atoms with Gasteiger partial charge in [0.2, 0.25) is 5.91 Å². The summed E-state index contributed by atoms with van der Waals surface area (Å²) >= 11 is 6.01. The third-order valence-corrected chi connectivity index (χ3v) is 3.15. The fraction of sp³-hybridized carbons (Fsp3) is 0.125. The van der Waals surface area contributed by atoms with E-state index in [2.05, 4.69) is 16.0 Å². The fourth-order valence-corrected chi connectivity index (χ4v) is 2.17. The van der Waals surface area contributed by atoms with Crippen molar-refractivity contribution in [3.05, 3.63) is 47.5 Å². The van der Waals surface area contributed by atoms with Gasteiger partial charge in [0.15, 0.2) is 0 Å². The van der Waals surface area contributed by atoms with Crippen molar-refractivity contribution in [1.82, 2.24) is 0 Å². The molecule has 2 aromatic carbocycles. The van der Waals surface area contributed by atoms with Gasteiger partial charge < -0.3 is 20.7 Å². The minimum Gasteiger partial charge on any atom is -0.495 e. The average molecular weight is 334 g/mol. The van der Waals surface area contributed by atoms with Crippen molar-refractivity contribution in [2.24, 2.45) is 0 Å². The van der Waals surface area contributed by atoms with Crippen molar-refractivity contribution < 1.29 is 14.3 Å². The van der Waals surface area contributed by atoms with E-state index in [1.807, 2.05) is 0 Å². The molecule has 3 N–H and O–H groups in total. The SMILES string of the molecule is COc1ccc(NC(=O)Nc2cccc(NC(C)=O)c2)cc1Cl. The molecule has 0 unspecified atom stereocenters. The second kappa shape index (κ2) is 7.51. The van der Waals surface area contributed by atoms with E-state index in [1.54, 1.807) is 42.5 Å². The maximum Gasteiger partial charge on any atom is 0.323 e. The molecule has 7 heteroatoms. The molecule has 2 aromatic rings. The lowest BCUT2D eigenvalue weighted by molar-refractivity contribution is -0.114. The molecular formula is C16H16ClN3O3. The molecule has 0 aliphatic heterocycles. The molecule has 0 saturated heterocycles. The van der Waals surface area contributed by atoms with Crippen LogP contribution in [0.5, 0.6) is 5.75 Å². The van der Waals surface area contributed by atoms with Gasteiger partial charge in [-0.05, 0) is 36.4 Å². The Labute approximate surface area is 138 Å². The highest BCUT2D eigenvalue weighted by Gasteiger charge is 2.06. The zero-order valence-electron chi connectivity index (χ0n) is 12.6. The van der Waals surface area contributed by atoms with Crippen LogP contribution in [0, 0.1) is 0 Å². The Morgan fingerprint density at radius 1 is 0.957 bits per heavy atom. The number of methoxy groups -OCH3 is 1. The first kappa shape index (κ1) is 16.6. The minimum atomic E-state index is -0.425. The summed E-state index contributed by atoms with van der Waals surface area (Å²) in [6.45, 7) is 1.42. The fourth-order valence-electron chi connectivity index (χ4n) is 1.92. The van der Waals surface area contributed by atoms with Crippen LogP contribution in [0.1, 0.15) is 6.92 Å². The molecule has 0 aliphatic rings. The van der Waals surface area contributed by atoms with Gasteiger partial charge in [-0.15, -0.1) is 0 Å². The van der Waals surface area contributed by atoms with Gasteiger partial charge in [0.1, 0.15) is 5.75 Å². The van der Waals surface area contributed by atoms with Crippen LogP contribution in [-0.2, 0) is 4.79 Å². The van der Waals surface area contributed by atoms with E-state index in [0.717, 1.165) is 0 Å². The molecule has 2 rings (SSSR count). The summed E-state index contributed by atoms with van der Waals surface area (Å²) in [6, 6.07) is 11.3. The van der Waals surface area contributed by atoms with Crippen LogP contribution in [0.4, 0.5) is 21.9 Å². The molecule has 0 fully saturated rings. The smallest absolute Gasteiger partial charge is 0.323 e. The Hall–Kier alpha value is -2.73. The summed E-state index contributed by atoms with van der Waals surface area (Å²) in [6.07, 6.45) is 0. The first-order valence-corrected chi connectivity index (χ1v) is 7.15. The van der Waals surface area contributed by atoms with Gasteiger partial charge in [-0.2, -0.15) is 0 Å². The lowest BCUT2D eigenvalue weighted by Crippen LogP contribution is -2.19. The predicted octanol–water partition coefficient (Wildman–Crippen LogP) is 3.95. The third-order valence-electron chi connectivity index (χ3n) is 2.85. The van der Waals surface area contributed by atoms with Crippen LogP contribution in [-0.4, -0.2) is 19.0 Å². The van der Waals surface area contributed by atoms with Crippen LogP contribution < -0.4 is 20.7 Å². The van der Waals surface area contributed by atoms with E-state index in [-0.39, 0.29) is 5.91 Å². The number of hydrogen-bond donors (Lipinski definition) is 3. The number of hydrogen-bond acceptors (Lipinski definition) is 3. The van der Waals surface area contributed by atoms with Crippen LogP contribution in [0.2, 0.25) is 5.02 Å². The van der Waals surface area contributed by atoms with Gasteiger partial charge in [0, 0.05) is 24.0 Å². The van der Waals surface area contributed by atoms with Crippen LogP contribution in [0.3, 0.4) is 0 Å². The second-order valence-corrected chi connectivity index (χ2v) is 5.10. The highest BCUT2D eigenvalue weighted by molar-refractivity contribution is 6.32. The van der Waals surface area contributed by atoms with Crippen molar-refractivity contribution >= 4 is 40.6 Å². The zero-order chi connectivity index (χ0) is 16.8. The quantitative estimate of drug-likeness (QED) is 0.792. The number of carbonyl (C=O) groups is 2. The van der Waals surface area contributed by atoms with Crippen molar-refractivity contribution in [2.75, 3.05) is 23.1 Å². The molecule has 0 heterocycles. The number of urea groups is 1. The highest BCUT2D eigenvalue weighted by atomic mass is 35.5. The summed E-state index contributed by atoms with van der Waals surface area (Å²) in [4.78, 5) is 23.0. The Morgan fingerprint density at radius 2 is 1.57 bits per heavy atom. The number of anilines is 3. The van der Waals surface area contributed by atoms with Crippen molar-refractivity contribution in [2.45, 2.75) is 6.92 Å². The molecule has 0 spiro atoms. The summed E-state index contributed by atoms with van der Waals surface area (Å²) in [5.74, 6) is 0.347. The first-order chi connectivity index (χ1) is 11.0. The summed E-state index contributed by atoms with van der Waals surface area (Å²) in [7, 11) is 1.52. The van der Waals surface area contributed by atoms with Crippen LogP contribution >= 0.6 is 11.6 Å². The van der Waals surface area contributed by atoms with Crippen molar-refractivity contribution in [1.29, 1.82) is 0 Å². The van der Waals surface area contributed by atoms with Gasteiger partial charge >= 0.3 is 6.03 Å². The molecule has 0 aromatic heterocycles. The molecule has 0 radical (unpaired) electrons. The van der Waals surface area contributed by atoms with Crippen LogP contribution in [0.15, 0.2) is 42.5 Å². The van der Waals surface area contributed by atoms with E-state index in [1.165, 1.54) is 14.0 Å². The molecule has 0 bridgehead atoms. The van der Waals surface area contributed by atoms with Gasteiger partial charge in [0.05, 0.1) is 12.1 Å². The molecule has 120 valence electrons. The predicted molar refractivity (Wildman–Crippen MR) is 91.4 cm³/mol. The first-order valence-electron chi connectivity index (χ1n) is 6.77. The van der Waals surface area contributed by atoms with Gasteiger partial charge in [-0.25, -0.2) is 4.79 Å². The Balaban J connectivity index is 2.02. The topological polar surface area (TPSA) is 79.5 Å². The second-order valence-electron chi connectivity index (χ2n) is 4.69. The van der Waals surface area contributed by atoms with Crippen molar-refractivity contribution in [3.8, 4) is 5.75 Å². The maximum atomic E-state index is 12.0. The van der Waals surface area contributed by atoms with E-state index >= 15 is 0 Å². The molecule has 23 heavy (non-hydrogen) atoms.